The van der Waals surface area contributed by atoms with Crippen LogP contribution in [0.15, 0.2) is 67.1 Å². The molecule has 5 aromatic rings. The molecule has 0 unspecified atom stereocenters. The van der Waals surface area contributed by atoms with E-state index in [4.69, 9.17) is 9.47 Å². The molecule has 0 amide bonds. The number of fused-ring (bicyclic) bond motifs is 3. The van der Waals surface area contributed by atoms with Gasteiger partial charge < -0.3 is 14.8 Å². The van der Waals surface area contributed by atoms with Gasteiger partial charge in [-0.2, -0.15) is 0 Å². The Bertz CT molecular complexity index is 1400. The van der Waals surface area contributed by atoms with Gasteiger partial charge in [-0.1, -0.05) is 18.2 Å². The summed E-state index contributed by atoms with van der Waals surface area (Å²) in [6, 6.07) is 18.4. The van der Waals surface area contributed by atoms with E-state index < -0.39 is 0 Å². The van der Waals surface area contributed by atoms with Crippen LogP contribution < -0.4 is 14.8 Å². The zero-order chi connectivity index (χ0) is 19.9. The van der Waals surface area contributed by atoms with Gasteiger partial charge in [0.25, 0.3) is 0 Å². The van der Waals surface area contributed by atoms with E-state index in [-0.39, 0.29) is 6.79 Å². The maximum atomic E-state index is 5.47. The van der Waals surface area contributed by atoms with Crippen molar-refractivity contribution in [1.29, 1.82) is 0 Å². The van der Waals surface area contributed by atoms with Crippen LogP contribution in [0.4, 0.5) is 5.82 Å². The van der Waals surface area contributed by atoms with Gasteiger partial charge in [-0.05, 0) is 47.5 Å². The molecular formula is C23H16N4O2S. The largest absolute Gasteiger partial charge is 0.454 e. The highest BCUT2D eigenvalue weighted by atomic mass is 32.1. The quantitative estimate of drug-likeness (QED) is 0.435. The Morgan fingerprint density at radius 1 is 0.900 bits per heavy atom. The predicted molar refractivity (Wildman–Crippen MR) is 118 cm³/mol. The van der Waals surface area contributed by atoms with Crippen LogP contribution in [0.5, 0.6) is 11.5 Å². The van der Waals surface area contributed by atoms with Crippen LogP contribution >= 0.6 is 11.3 Å². The van der Waals surface area contributed by atoms with E-state index in [1.54, 1.807) is 17.7 Å². The molecule has 2 aromatic carbocycles. The van der Waals surface area contributed by atoms with Gasteiger partial charge in [0.1, 0.15) is 12.1 Å². The molecule has 1 N–H and O–H groups in total. The van der Waals surface area contributed by atoms with Crippen LogP contribution in [0.2, 0.25) is 0 Å². The Hall–Kier alpha value is -3.71. The van der Waals surface area contributed by atoms with Crippen molar-refractivity contribution in [1.82, 2.24) is 15.0 Å². The van der Waals surface area contributed by atoms with Crippen LogP contribution in [0.25, 0.3) is 31.6 Å². The summed E-state index contributed by atoms with van der Waals surface area (Å²) in [5, 5.41) is 4.57. The lowest BCUT2D eigenvalue weighted by Crippen LogP contribution is -2.01. The third-order valence-electron chi connectivity index (χ3n) is 5.10. The second kappa shape index (κ2) is 6.96. The highest BCUT2D eigenvalue weighted by Crippen LogP contribution is 2.37. The fraction of sp³-hybridized carbons (Fsp3) is 0.0870. The van der Waals surface area contributed by atoms with Crippen molar-refractivity contribution in [3.8, 4) is 21.9 Å². The highest BCUT2D eigenvalue weighted by molar-refractivity contribution is 7.22. The number of rotatable bonds is 4. The van der Waals surface area contributed by atoms with Crippen molar-refractivity contribution in [3.63, 3.8) is 0 Å². The molecule has 4 heterocycles. The molecule has 0 saturated heterocycles. The molecule has 1 aliphatic rings. The maximum absolute atomic E-state index is 5.47. The van der Waals surface area contributed by atoms with Crippen LogP contribution in [0.1, 0.15) is 5.56 Å². The number of hydrogen-bond donors (Lipinski definition) is 1. The van der Waals surface area contributed by atoms with Gasteiger partial charge >= 0.3 is 0 Å². The van der Waals surface area contributed by atoms with Gasteiger partial charge in [0.2, 0.25) is 6.79 Å². The highest BCUT2D eigenvalue weighted by Gasteiger charge is 2.14. The molecular weight excluding hydrogens is 396 g/mol. The lowest BCUT2D eigenvalue weighted by molar-refractivity contribution is 0.174. The van der Waals surface area contributed by atoms with Crippen LogP contribution in [-0.4, -0.2) is 21.7 Å². The van der Waals surface area contributed by atoms with E-state index in [1.807, 2.05) is 30.5 Å². The molecule has 3 aromatic heterocycles. The first-order valence-electron chi connectivity index (χ1n) is 9.56. The van der Waals surface area contributed by atoms with E-state index in [9.17, 15) is 0 Å². The number of aromatic nitrogens is 3. The molecule has 7 heteroatoms. The van der Waals surface area contributed by atoms with Crippen LogP contribution in [0, 0.1) is 0 Å². The summed E-state index contributed by atoms with van der Waals surface area (Å²) in [7, 11) is 0. The average molecular weight is 412 g/mol. The molecule has 1 aliphatic heterocycles. The predicted octanol–water partition coefficient (Wildman–Crippen LogP) is 5.25. The zero-order valence-corrected chi connectivity index (χ0v) is 16.6. The number of hydrogen-bond acceptors (Lipinski definition) is 7. The third kappa shape index (κ3) is 3.00. The third-order valence-corrected chi connectivity index (χ3v) is 6.28. The summed E-state index contributed by atoms with van der Waals surface area (Å²) >= 11 is 1.69. The van der Waals surface area contributed by atoms with E-state index in [0.717, 1.165) is 54.4 Å². The van der Waals surface area contributed by atoms with Gasteiger partial charge in [0.05, 0.1) is 15.7 Å². The topological polar surface area (TPSA) is 69.2 Å². The molecule has 0 radical (unpaired) electrons. The van der Waals surface area contributed by atoms with Gasteiger partial charge in [-0.25, -0.2) is 9.97 Å². The molecule has 30 heavy (non-hydrogen) atoms. The summed E-state index contributed by atoms with van der Waals surface area (Å²) in [6.07, 6.45) is 3.42. The summed E-state index contributed by atoms with van der Waals surface area (Å²) in [5.41, 5.74) is 4.18. The first-order chi connectivity index (χ1) is 14.8. The Morgan fingerprint density at radius 3 is 2.87 bits per heavy atom. The Kier molecular flexibility index (Phi) is 3.99. The molecule has 6 rings (SSSR count). The molecule has 0 spiro atoms. The van der Waals surface area contributed by atoms with Crippen molar-refractivity contribution in [2.45, 2.75) is 6.54 Å². The number of nitrogens with one attached hydrogen (secondary N) is 1. The Balaban J connectivity index is 1.31. The van der Waals surface area contributed by atoms with Gasteiger partial charge in [0, 0.05) is 23.0 Å². The summed E-state index contributed by atoms with van der Waals surface area (Å²) in [4.78, 5) is 14.5. The van der Waals surface area contributed by atoms with Gasteiger partial charge in [-0.3, -0.25) is 4.98 Å². The van der Waals surface area contributed by atoms with E-state index in [2.05, 4.69) is 50.6 Å². The minimum absolute atomic E-state index is 0.279. The molecule has 146 valence electrons. The van der Waals surface area contributed by atoms with Crippen LogP contribution in [-0.2, 0) is 6.54 Å². The Morgan fingerprint density at radius 2 is 1.87 bits per heavy atom. The molecule has 0 atom stereocenters. The lowest BCUT2D eigenvalue weighted by Gasteiger charge is -2.07. The molecule has 0 aliphatic carbocycles. The first-order valence-corrected chi connectivity index (χ1v) is 10.4. The zero-order valence-electron chi connectivity index (χ0n) is 15.8. The average Bonchev–Trinajstić information content (AvgIpc) is 3.44. The lowest BCUT2D eigenvalue weighted by atomic mass is 10.1. The molecule has 0 bridgehead atoms. The smallest absolute Gasteiger partial charge is 0.231 e. The number of ether oxygens (including phenoxy) is 2. The second-order valence-corrected chi connectivity index (χ2v) is 8.05. The van der Waals surface area contributed by atoms with Gasteiger partial charge in [0.15, 0.2) is 11.5 Å². The molecule has 0 fully saturated rings. The number of anilines is 1. The SMILES string of the molecule is c1cnc2ccc(-c3cc4ncnc(NCc5ccc6c(c5)OCO6)c4s3)cc2c1. The molecule has 0 saturated carbocycles. The van der Waals surface area contributed by atoms with E-state index in [0.29, 0.717) is 6.54 Å². The van der Waals surface area contributed by atoms with Gasteiger partial charge in [-0.15, -0.1) is 11.3 Å². The fourth-order valence-electron chi connectivity index (χ4n) is 3.59. The van der Waals surface area contributed by atoms with E-state index >= 15 is 0 Å². The fourth-order valence-corrected chi connectivity index (χ4v) is 4.66. The van der Waals surface area contributed by atoms with Crippen molar-refractivity contribution >= 4 is 38.3 Å². The van der Waals surface area contributed by atoms with Crippen molar-refractivity contribution < 1.29 is 9.47 Å². The minimum Gasteiger partial charge on any atom is -0.454 e. The second-order valence-electron chi connectivity index (χ2n) is 7.00. The number of benzene rings is 2. The van der Waals surface area contributed by atoms with E-state index in [1.165, 1.54) is 0 Å². The summed E-state index contributed by atoms with van der Waals surface area (Å²) in [6.45, 7) is 0.916. The van der Waals surface area contributed by atoms with Crippen molar-refractivity contribution in [3.05, 3.63) is 72.7 Å². The van der Waals surface area contributed by atoms with Crippen LogP contribution in [0.3, 0.4) is 0 Å². The standard InChI is InChI=1S/C23H16N4O2S/c1-2-15-9-16(4-5-17(15)24-7-1)21-10-18-22(30-21)23(27-12-26-18)25-11-14-3-6-19-20(8-14)29-13-28-19/h1-10,12H,11,13H2,(H,25,26,27). The Labute approximate surface area is 176 Å². The number of nitrogens with zero attached hydrogens (tertiary/aromatic N) is 3. The van der Waals surface area contributed by atoms with Crippen molar-refractivity contribution in [2.75, 3.05) is 12.1 Å². The number of pyridine rings is 1. The number of thiophene rings is 1. The maximum Gasteiger partial charge on any atom is 0.231 e. The first kappa shape index (κ1) is 17.2. The molecule has 6 nitrogen and oxygen atoms in total. The summed E-state index contributed by atoms with van der Waals surface area (Å²) < 4.78 is 11.9. The minimum atomic E-state index is 0.279. The monoisotopic (exact) mass is 412 g/mol. The summed E-state index contributed by atoms with van der Waals surface area (Å²) in [5.74, 6) is 2.40. The van der Waals surface area contributed by atoms with Crippen molar-refractivity contribution in [2.24, 2.45) is 0 Å². The normalized spacial score (nSPS) is 12.5.